The first-order valence-electron chi connectivity index (χ1n) is 7.61. The molecule has 2 aromatic carbocycles. The fourth-order valence-corrected chi connectivity index (χ4v) is 2.41. The predicted molar refractivity (Wildman–Crippen MR) is 91.4 cm³/mol. The van der Waals surface area contributed by atoms with Gasteiger partial charge in [0, 0.05) is 11.3 Å². The normalized spacial score (nSPS) is 12.0. The fourth-order valence-electron chi connectivity index (χ4n) is 2.41. The van der Waals surface area contributed by atoms with E-state index >= 15 is 0 Å². The van der Waals surface area contributed by atoms with Gasteiger partial charge in [-0.15, -0.1) is 0 Å². The lowest BCUT2D eigenvalue weighted by atomic mass is 10.1. The van der Waals surface area contributed by atoms with E-state index in [2.05, 4.69) is 10.3 Å². The fraction of sp³-hybridized carbons (Fsp3) is 0.158. The number of rotatable bonds is 4. The van der Waals surface area contributed by atoms with E-state index in [4.69, 9.17) is 4.42 Å². The Bertz CT molecular complexity index is 856. The van der Waals surface area contributed by atoms with Crippen LogP contribution in [0.2, 0.25) is 0 Å². The van der Waals surface area contributed by atoms with Gasteiger partial charge in [0.15, 0.2) is 6.10 Å². The Morgan fingerprint density at radius 1 is 1.17 bits per heavy atom. The molecule has 0 spiro atoms. The maximum atomic E-state index is 12.2. The molecule has 1 amide bonds. The molecule has 0 aliphatic heterocycles. The van der Waals surface area contributed by atoms with Crippen molar-refractivity contribution in [3.05, 3.63) is 71.6 Å². The van der Waals surface area contributed by atoms with Gasteiger partial charge in [-0.2, -0.15) is 0 Å². The van der Waals surface area contributed by atoms with E-state index in [1.807, 2.05) is 26.0 Å². The lowest BCUT2D eigenvalue weighted by Gasteiger charge is -2.13. The third kappa shape index (κ3) is 3.36. The maximum absolute atomic E-state index is 12.2. The Labute approximate surface area is 140 Å². The van der Waals surface area contributed by atoms with Crippen molar-refractivity contribution in [1.82, 2.24) is 4.98 Å². The first-order valence-corrected chi connectivity index (χ1v) is 7.61. The molecule has 0 aliphatic carbocycles. The monoisotopic (exact) mass is 322 g/mol. The molecule has 1 atom stereocenters. The molecule has 0 radical (unpaired) electrons. The van der Waals surface area contributed by atoms with Gasteiger partial charge in [0.25, 0.3) is 5.91 Å². The van der Waals surface area contributed by atoms with Crippen LogP contribution in [0.5, 0.6) is 0 Å². The zero-order valence-corrected chi connectivity index (χ0v) is 13.5. The SMILES string of the molecule is Cc1coc(-c2cc(NC(=O)C(O)c3ccccc3)ccc2C)n1. The van der Waals surface area contributed by atoms with Crippen molar-refractivity contribution in [2.45, 2.75) is 20.0 Å². The van der Waals surface area contributed by atoms with Crippen molar-refractivity contribution >= 4 is 11.6 Å². The highest BCUT2D eigenvalue weighted by atomic mass is 16.3. The molecule has 122 valence electrons. The lowest BCUT2D eigenvalue weighted by molar-refractivity contribution is -0.124. The zero-order valence-electron chi connectivity index (χ0n) is 13.5. The Morgan fingerprint density at radius 2 is 1.92 bits per heavy atom. The van der Waals surface area contributed by atoms with E-state index in [9.17, 15) is 9.90 Å². The molecule has 0 saturated carbocycles. The van der Waals surface area contributed by atoms with Crippen molar-refractivity contribution < 1.29 is 14.3 Å². The van der Waals surface area contributed by atoms with Gasteiger partial charge in [0.05, 0.1) is 5.69 Å². The van der Waals surface area contributed by atoms with Crippen LogP contribution < -0.4 is 5.32 Å². The second kappa shape index (κ2) is 6.68. The van der Waals surface area contributed by atoms with Crippen LogP contribution in [0.1, 0.15) is 22.9 Å². The highest BCUT2D eigenvalue weighted by Crippen LogP contribution is 2.26. The third-order valence-electron chi connectivity index (χ3n) is 3.72. The summed E-state index contributed by atoms with van der Waals surface area (Å²) in [5.74, 6) is 0.0179. The van der Waals surface area contributed by atoms with Gasteiger partial charge in [0.2, 0.25) is 5.89 Å². The summed E-state index contributed by atoms with van der Waals surface area (Å²) in [7, 11) is 0. The van der Waals surface area contributed by atoms with Gasteiger partial charge in [-0.25, -0.2) is 4.98 Å². The average molecular weight is 322 g/mol. The summed E-state index contributed by atoms with van der Waals surface area (Å²) in [6.45, 7) is 3.80. The van der Waals surface area contributed by atoms with Crippen molar-refractivity contribution in [1.29, 1.82) is 0 Å². The van der Waals surface area contributed by atoms with Crippen LogP contribution in [0.15, 0.2) is 59.2 Å². The minimum atomic E-state index is -1.22. The van der Waals surface area contributed by atoms with Crippen LogP contribution in [0.4, 0.5) is 5.69 Å². The number of hydrogen-bond donors (Lipinski definition) is 2. The van der Waals surface area contributed by atoms with E-state index < -0.39 is 12.0 Å². The van der Waals surface area contributed by atoms with Crippen molar-refractivity contribution in [2.24, 2.45) is 0 Å². The number of hydrogen-bond acceptors (Lipinski definition) is 4. The summed E-state index contributed by atoms with van der Waals surface area (Å²) >= 11 is 0. The molecular weight excluding hydrogens is 304 g/mol. The molecule has 3 rings (SSSR count). The molecule has 5 heteroatoms. The number of oxazole rings is 1. The quantitative estimate of drug-likeness (QED) is 0.769. The molecule has 0 saturated heterocycles. The molecule has 2 N–H and O–H groups in total. The van der Waals surface area contributed by atoms with Crippen LogP contribution in [-0.2, 0) is 4.79 Å². The van der Waals surface area contributed by atoms with Crippen molar-refractivity contribution in [2.75, 3.05) is 5.32 Å². The second-order valence-corrected chi connectivity index (χ2v) is 5.63. The molecule has 1 unspecified atom stereocenters. The smallest absolute Gasteiger partial charge is 0.257 e. The summed E-state index contributed by atoms with van der Waals surface area (Å²) in [5.41, 5.74) is 3.70. The number of carbonyl (C=O) groups excluding carboxylic acids is 1. The molecule has 1 aromatic heterocycles. The largest absolute Gasteiger partial charge is 0.444 e. The van der Waals surface area contributed by atoms with E-state index in [0.29, 0.717) is 17.1 Å². The van der Waals surface area contributed by atoms with Crippen LogP contribution in [0.3, 0.4) is 0 Å². The highest BCUT2D eigenvalue weighted by molar-refractivity contribution is 5.95. The first-order chi connectivity index (χ1) is 11.5. The number of aliphatic hydroxyl groups excluding tert-OH is 1. The van der Waals surface area contributed by atoms with Gasteiger partial charge in [-0.3, -0.25) is 4.79 Å². The molecular formula is C19H18N2O3. The van der Waals surface area contributed by atoms with Crippen molar-refractivity contribution in [3.8, 4) is 11.5 Å². The van der Waals surface area contributed by atoms with Crippen LogP contribution in [-0.4, -0.2) is 16.0 Å². The number of amides is 1. The number of aromatic nitrogens is 1. The maximum Gasteiger partial charge on any atom is 0.257 e. The van der Waals surface area contributed by atoms with Gasteiger partial charge in [-0.1, -0.05) is 36.4 Å². The minimum absolute atomic E-state index is 0.486. The Hall–Kier alpha value is -2.92. The summed E-state index contributed by atoms with van der Waals surface area (Å²) in [4.78, 5) is 16.6. The lowest BCUT2D eigenvalue weighted by Crippen LogP contribution is -2.20. The summed E-state index contributed by atoms with van der Waals surface area (Å²) in [5, 5.41) is 12.9. The number of aryl methyl sites for hydroxylation is 2. The topological polar surface area (TPSA) is 75.4 Å². The number of carbonyl (C=O) groups is 1. The van der Waals surface area contributed by atoms with E-state index in [-0.39, 0.29) is 0 Å². The molecule has 0 fully saturated rings. The molecule has 24 heavy (non-hydrogen) atoms. The number of anilines is 1. The standard InChI is InChI=1S/C19H18N2O3/c1-12-8-9-15(10-16(12)19-20-13(2)11-24-19)21-18(23)17(22)14-6-4-3-5-7-14/h3-11,17,22H,1-2H3,(H,21,23). The van der Waals surface area contributed by atoms with E-state index in [1.54, 1.807) is 42.7 Å². The number of nitrogens with zero attached hydrogens (tertiary/aromatic N) is 1. The van der Waals surface area contributed by atoms with Gasteiger partial charge >= 0.3 is 0 Å². The van der Waals surface area contributed by atoms with Gasteiger partial charge < -0.3 is 14.8 Å². The second-order valence-electron chi connectivity index (χ2n) is 5.63. The molecule has 0 aliphatic rings. The highest BCUT2D eigenvalue weighted by Gasteiger charge is 2.18. The minimum Gasteiger partial charge on any atom is -0.444 e. The molecule has 5 nitrogen and oxygen atoms in total. The third-order valence-corrected chi connectivity index (χ3v) is 3.72. The number of aliphatic hydroxyl groups is 1. The summed E-state index contributed by atoms with van der Waals surface area (Å²) in [6, 6.07) is 14.3. The van der Waals surface area contributed by atoms with E-state index in [0.717, 1.165) is 16.8 Å². The Morgan fingerprint density at radius 3 is 2.58 bits per heavy atom. The first kappa shape index (κ1) is 16.0. The van der Waals surface area contributed by atoms with Crippen LogP contribution >= 0.6 is 0 Å². The van der Waals surface area contributed by atoms with Crippen molar-refractivity contribution in [3.63, 3.8) is 0 Å². The zero-order chi connectivity index (χ0) is 17.1. The van der Waals surface area contributed by atoms with Gasteiger partial charge in [-0.05, 0) is 37.1 Å². The number of benzene rings is 2. The molecule has 3 aromatic rings. The number of nitrogens with one attached hydrogen (secondary N) is 1. The van der Waals surface area contributed by atoms with Crippen LogP contribution in [0, 0.1) is 13.8 Å². The molecule has 0 bridgehead atoms. The van der Waals surface area contributed by atoms with E-state index in [1.165, 1.54) is 0 Å². The average Bonchev–Trinajstić information content (AvgIpc) is 3.03. The summed E-state index contributed by atoms with van der Waals surface area (Å²) < 4.78 is 5.43. The Balaban J connectivity index is 1.82. The molecule has 1 heterocycles. The Kier molecular flexibility index (Phi) is 4.44. The predicted octanol–water partition coefficient (Wildman–Crippen LogP) is 3.63. The summed E-state index contributed by atoms with van der Waals surface area (Å²) in [6.07, 6.45) is 0.360. The van der Waals surface area contributed by atoms with Gasteiger partial charge in [0.1, 0.15) is 6.26 Å². The van der Waals surface area contributed by atoms with Crippen LogP contribution in [0.25, 0.3) is 11.5 Å².